The van der Waals surface area contributed by atoms with Crippen LogP contribution in [-0.2, 0) is 14.3 Å². The van der Waals surface area contributed by atoms with Crippen molar-refractivity contribution in [2.45, 2.75) is 27.7 Å². The Balaban J connectivity index is 1.57. The van der Waals surface area contributed by atoms with E-state index >= 15 is 0 Å². The molecule has 0 unspecified atom stereocenters. The van der Waals surface area contributed by atoms with Crippen molar-refractivity contribution in [2.24, 2.45) is 5.92 Å². The van der Waals surface area contributed by atoms with Crippen molar-refractivity contribution in [1.82, 2.24) is 30.2 Å². The van der Waals surface area contributed by atoms with Crippen molar-refractivity contribution in [3.63, 3.8) is 0 Å². The molecular formula is C29H28N6O5. The van der Waals surface area contributed by atoms with E-state index in [-0.39, 0.29) is 5.92 Å². The van der Waals surface area contributed by atoms with Gasteiger partial charge in [0.25, 0.3) is 0 Å². The molecule has 204 valence electrons. The summed E-state index contributed by atoms with van der Waals surface area (Å²) in [5, 5.41) is 14.5. The highest BCUT2D eigenvalue weighted by Gasteiger charge is 2.21. The number of ether oxygens (including phenoxy) is 3. The number of esters is 2. The van der Waals surface area contributed by atoms with Crippen LogP contribution >= 0.6 is 0 Å². The number of nitrogens with zero attached hydrogens (tertiary/aromatic N) is 5. The van der Waals surface area contributed by atoms with E-state index in [4.69, 9.17) is 14.2 Å². The van der Waals surface area contributed by atoms with E-state index in [0.717, 1.165) is 22.4 Å². The van der Waals surface area contributed by atoms with E-state index in [9.17, 15) is 9.59 Å². The lowest BCUT2D eigenvalue weighted by Gasteiger charge is -2.16. The first-order valence-corrected chi connectivity index (χ1v) is 12.8. The quantitative estimate of drug-likeness (QED) is 0.205. The second-order valence-electron chi connectivity index (χ2n) is 9.23. The molecule has 0 aliphatic carbocycles. The third kappa shape index (κ3) is 5.13. The first-order valence-electron chi connectivity index (χ1n) is 12.8. The number of imidazole rings is 1. The fourth-order valence-electron chi connectivity index (χ4n) is 4.45. The number of hydrogen-bond acceptors (Lipinski definition) is 9. The summed E-state index contributed by atoms with van der Waals surface area (Å²) in [6.07, 6.45) is 0. The monoisotopic (exact) mass is 540 g/mol. The lowest BCUT2D eigenvalue weighted by atomic mass is 9.98. The SMILES string of the molecule is CCOc1cc(-n2c(C)nc3cccc(C(=O)OCOC(=O)C(C)C)c32)ccc1-c1ccccc1-c1nn[nH]n1. The highest BCUT2D eigenvalue weighted by Crippen LogP contribution is 2.38. The Morgan fingerprint density at radius 1 is 0.975 bits per heavy atom. The second-order valence-corrected chi connectivity index (χ2v) is 9.23. The topological polar surface area (TPSA) is 134 Å². The van der Waals surface area contributed by atoms with Gasteiger partial charge in [0.05, 0.1) is 34.8 Å². The Bertz CT molecular complexity index is 1680. The summed E-state index contributed by atoms with van der Waals surface area (Å²) in [5.74, 6) is 0.380. The molecule has 2 heterocycles. The number of aryl methyl sites for hydroxylation is 1. The smallest absolute Gasteiger partial charge is 0.343 e. The highest BCUT2D eigenvalue weighted by molar-refractivity contribution is 6.03. The van der Waals surface area contributed by atoms with Gasteiger partial charge in [-0.15, -0.1) is 10.2 Å². The summed E-state index contributed by atoms with van der Waals surface area (Å²) in [5.41, 5.74) is 4.76. The lowest BCUT2D eigenvalue weighted by Crippen LogP contribution is -2.17. The number of aromatic amines is 1. The first-order chi connectivity index (χ1) is 19.4. The van der Waals surface area contributed by atoms with E-state index in [2.05, 4.69) is 25.6 Å². The third-order valence-corrected chi connectivity index (χ3v) is 6.25. The summed E-state index contributed by atoms with van der Waals surface area (Å²) in [6, 6.07) is 18.8. The fourth-order valence-corrected chi connectivity index (χ4v) is 4.45. The van der Waals surface area contributed by atoms with Crippen LogP contribution in [0.3, 0.4) is 0 Å². The predicted molar refractivity (Wildman–Crippen MR) is 147 cm³/mol. The second kappa shape index (κ2) is 11.4. The number of para-hydroxylation sites is 1. The van der Waals surface area contributed by atoms with Crippen molar-refractivity contribution in [3.05, 3.63) is 72.1 Å². The van der Waals surface area contributed by atoms with Gasteiger partial charge in [-0.25, -0.2) is 9.78 Å². The number of rotatable bonds is 9. The molecule has 2 aromatic heterocycles. The van der Waals surface area contributed by atoms with E-state index in [1.807, 2.05) is 66.9 Å². The van der Waals surface area contributed by atoms with Gasteiger partial charge < -0.3 is 14.2 Å². The van der Waals surface area contributed by atoms with Crippen molar-refractivity contribution in [2.75, 3.05) is 13.4 Å². The van der Waals surface area contributed by atoms with Crippen molar-refractivity contribution in [1.29, 1.82) is 0 Å². The highest BCUT2D eigenvalue weighted by atomic mass is 16.7. The average Bonchev–Trinajstić information content (AvgIpc) is 3.60. The van der Waals surface area contributed by atoms with Crippen LogP contribution in [0.15, 0.2) is 60.7 Å². The number of hydrogen-bond donors (Lipinski definition) is 1. The third-order valence-electron chi connectivity index (χ3n) is 6.25. The molecule has 0 bridgehead atoms. The zero-order valence-electron chi connectivity index (χ0n) is 22.5. The lowest BCUT2D eigenvalue weighted by molar-refractivity contribution is -0.155. The molecule has 11 nitrogen and oxygen atoms in total. The molecule has 0 spiro atoms. The summed E-state index contributed by atoms with van der Waals surface area (Å²) < 4.78 is 18.3. The number of carbonyl (C=O) groups excluding carboxylic acids is 2. The molecule has 0 aliphatic heterocycles. The van der Waals surface area contributed by atoms with Crippen molar-refractivity contribution >= 4 is 23.0 Å². The van der Waals surface area contributed by atoms with Crippen LogP contribution in [0.5, 0.6) is 5.75 Å². The van der Waals surface area contributed by atoms with Crippen LogP contribution in [0.1, 0.15) is 37.0 Å². The molecule has 0 aliphatic rings. The molecule has 0 radical (unpaired) electrons. The molecule has 0 saturated carbocycles. The van der Waals surface area contributed by atoms with Gasteiger partial charge in [-0.2, -0.15) is 5.21 Å². The Morgan fingerprint density at radius 2 is 1.77 bits per heavy atom. The van der Waals surface area contributed by atoms with Gasteiger partial charge >= 0.3 is 11.9 Å². The van der Waals surface area contributed by atoms with Crippen molar-refractivity contribution < 1.29 is 23.8 Å². The van der Waals surface area contributed by atoms with Gasteiger partial charge in [-0.05, 0) is 48.9 Å². The predicted octanol–water partition coefficient (Wildman–Crippen LogP) is 4.89. The zero-order chi connectivity index (χ0) is 28.2. The van der Waals surface area contributed by atoms with E-state index < -0.39 is 18.7 Å². The van der Waals surface area contributed by atoms with Crippen LogP contribution in [0.25, 0.3) is 39.2 Å². The number of benzene rings is 3. The van der Waals surface area contributed by atoms with Crippen LogP contribution in [-0.4, -0.2) is 55.5 Å². The van der Waals surface area contributed by atoms with Gasteiger partial charge in [0.2, 0.25) is 12.6 Å². The van der Waals surface area contributed by atoms with Gasteiger partial charge in [0.1, 0.15) is 11.6 Å². The summed E-state index contributed by atoms with van der Waals surface area (Å²) in [4.78, 5) is 29.5. The molecule has 40 heavy (non-hydrogen) atoms. The number of carbonyl (C=O) groups is 2. The maximum Gasteiger partial charge on any atom is 0.343 e. The minimum absolute atomic E-state index is 0.295. The molecule has 3 aromatic carbocycles. The molecule has 1 N–H and O–H groups in total. The van der Waals surface area contributed by atoms with E-state index in [1.54, 1.807) is 26.0 Å². The summed E-state index contributed by atoms with van der Waals surface area (Å²) in [6.45, 7) is 7.16. The molecule has 0 saturated heterocycles. The molecule has 5 rings (SSSR count). The summed E-state index contributed by atoms with van der Waals surface area (Å²) in [7, 11) is 0. The Kier molecular flexibility index (Phi) is 7.54. The standard InChI is InChI=1S/C29H28N6O5/c1-5-38-25-15-19(13-14-21(25)20-9-6-7-10-22(20)27-31-33-34-32-27)35-18(4)30-24-12-8-11-23(26(24)35)29(37)40-16-39-28(36)17(2)3/h6-15,17H,5,16H2,1-4H3,(H,31,32,33,34). The molecule has 0 atom stereocenters. The van der Waals surface area contributed by atoms with Crippen LogP contribution in [0.4, 0.5) is 0 Å². The molecule has 0 fully saturated rings. The Labute approximate surface area is 230 Å². The molecule has 11 heteroatoms. The molecule has 5 aromatic rings. The normalized spacial score (nSPS) is 11.1. The molecule has 0 amide bonds. The van der Waals surface area contributed by atoms with E-state index in [1.165, 1.54) is 0 Å². The van der Waals surface area contributed by atoms with Crippen LogP contribution in [0.2, 0.25) is 0 Å². The minimum Gasteiger partial charge on any atom is -0.493 e. The summed E-state index contributed by atoms with van der Waals surface area (Å²) >= 11 is 0. The van der Waals surface area contributed by atoms with Crippen LogP contribution < -0.4 is 4.74 Å². The number of tetrazole rings is 1. The van der Waals surface area contributed by atoms with Gasteiger partial charge in [-0.3, -0.25) is 9.36 Å². The number of aromatic nitrogens is 6. The molecular weight excluding hydrogens is 512 g/mol. The largest absolute Gasteiger partial charge is 0.493 e. The number of H-pyrrole nitrogens is 1. The minimum atomic E-state index is -0.626. The average molecular weight is 541 g/mol. The van der Waals surface area contributed by atoms with Crippen molar-refractivity contribution in [3.8, 4) is 34.0 Å². The van der Waals surface area contributed by atoms with Gasteiger partial charge in [-0.1, -0.05) is 44.2 Å². The van der Waals surface area contributed by atoms with Gasteiger partial charge in [0.15, 0.2) is 0 Å². The number of fused-ring (bicyclic) bond motifs is 1. The van der Waals surface area contributed by atoms with Gasteiger partial charge in [0, 0.05) is 17.2 Å². The van der Waals surface area contributed by atoms with Crippen LogP contribution in [0, 0.1) is 12.8 Å². The first kappa shape index (κ1) is 26.5. The maximum atomic E-state index is 13.1. The number of nitrogens with one attached hydrogen (secondary N) is 1. The Hall–Kier alpha value is -5.06. The zero-order valence-corrected chi connectivity index (χ0v) is 22.5. The Morgan fingerprint density at radius 3 is 2.50 bits per heavy atom. The fraction of sp³-hybridized carbons (Fsp3) is 0.241. The maximum absolute atomic E-state index is 13.1. The van der Waals surface area contributed by atoms with E-state index in [0.29, 0.717) is 40.6 Å².